The molecule has 0 saturated carbocycles. The molecule has 2 N–H and O–H groups in total. The predicted molar refractivity (Wildman–Crippen MR) is 76.4 cm³/mol. The molecule has 2 aliphatic rings. The first kappa shape index (κ1) is 13.7. The third-order valence-electron chi connectivity index (χ3n) is 3.98. The molecule has 1 aromatic rings. The normalized spacial score (nSPS) is 24.3. The van der Waals surface area contributed by atoms with Crippen LogP contribution in [-0.4, -0.2) is 31.3 Å². The number of hydrogen-bond donors (Lipinski definition) is 2. The molecule has 108 valence electrons. The van der Waals surface area contributed by atoms with E-state index in [2.05, 4.69) is 21.2 Å². The molecule has 1 aromatic carbocycles. The highest BCUT2D eigenvalue weighted by Gasteiger charge is 2.33. The maximum Gasteiger partial charge on any atom is 0.307 e. The van der Waals surface area contributed by atoms with Crippen LogP contribution in [0.25, 0.3) is 0 Å². The third-order valence-corrected chi connectivity index (χ3v) is 4.91. The van der Waals surface area contributed by atoms with Crippen molar-refractivity contribution in [1.29, 1.82) is 0 Å². The maximum absolute atomic E-state index is 11.1. The molecular formula is C14H16BrNO4. The molecular weight excluding hydrogens is 326 g/mol. The van der Waals surface area contributed by atoms with Crippen LogP contribution in [-0.2, 0) is 11.2 Å². The van der Waals surface area contributed by atoms with Gasteiger partial charge in [0.25, 0.3) is 0 Å². The molecule has 0 amide bonds. The standard InChI is InChI=1S/C14H16BrNO4/c1-19-11-5-9(10-4-7(6-16-10)14(17)18)12(15)8-2-3-20-13(8)11/h5,7,10,16H,2-4,6H2,1H3,(H,17,18). The Morgan fingerprint density at radius 1 is 1.60 bits per heavy atom. The van der Waals surface area contributed by atoms with E-state index < -0.39 is 5.97 Å². The van der Waals surface area contributed by atoms with E-state index in [0.29, 0.717) is 19.6 Å². The first-order chi connectivity index (χ1) is 9.61. The smallest absolute Gasteiger partial charge is 0.307 e. The van der Waals surface area contributed by atoms with Crippen LogP contribution < -0.4 is 14.8 Å². The van der Waals surface area contributed by atoms with Crippen molar-refractivity contribution < 1.29 is 19.4 Å². The summed E-state index contributed by atoms with van der Waals surface area (Å²) in [5.41, 5.74) is 2.16. The average molecular weight is 342 g/mol. The van der Waals surface area contributed by atoms with E-state index in [4.69, 9.17) is 14.6 Å². The van der Waals surface area contributed by atoms with Gasteiger partial charge in [0.05, 0.1) is 19.6 Å². The second kappa shape index (κ2) is 5.26. The Kier molecular flexibility index (Phi) is 3.60. The van der Waals surface area contributed by atoms with Crippen LogP contribution in [0, 0.1) is 5.92 Å². The lowest BCUT2D eigenvalue weighted by atomic mass is 9.97. The van der Waals surface area contributed by atoms with Crippen LogP contribution in [0.4, 0.5) is 0 Å². The zero-order chi connectivity index (χ0) is 14.3. The van der Waals surface area contributed by atoms with E-state index in [1.807, 2.05) is 6.07 Å². The molecule has 2 atom stereocenters. The zero-order valence-corrected chi connectivity index (χ0v) is 12.7. The minimum atomic E-state index is -0.743. The first-order valence-corrected chi connectivity index (χ1v) is 7.39. The summed E-state index contributed by atoms with van der Waals surface area (Å²) in [5.74, 6) is 0.446. The summed E-state index contributed by atoms with van der Waals surface area (Å²) in [5, 5.41) is 12.4. The molecule has 0 spiro atoms. The summed E-state index contributed by atoms with van der Waals surface area (Å²) in [7, 11) is 1.62. The predicted octanol–water partition coefficient (Wildman–Crippen LogP) is 2.13. The Labute approximate surface area is 125 Å². The van der Waals surface area contributed by atoms with E-state index in [-0.39, 0.29) is 12.0 Å². The van der Waals surface area contributed by atoms with E-state index in [9.17, 15) is 4.79 Å². The van der Waals surface area contributed by atoms with Gasteiger partial charge in [-0.2, -0.15) is 0 Å². The van der Waals surface area contributed by atoms with E-state index in [1.54, 1.807) is 7.11 Å². The number of rotatable bonds is 3. The molecule has 6 heteroatoms. The number of nitrogens with one attached hydrogen (secondary N) is 1. The van der Waals surface area contributed by atoms with Gasteiger partial charge in [0.15, 0.2) is 11.5 Å². The van der Waals surface area contributed by atoms with Gasteiger partial charge in [0.2, 0.25) is 0 Å². The molecule has 1 saturated heterocycles. The molecule has 0 bridgehead atoms. The van der Waals surface area contributed by atoms with Gasteiger partial charge >= 0.3 is 5.97 Å². The molecule has 2 heterocycles. The topological polar surface area (TPSA) is 67.8 Å². The lowest BCUT2D eigenvalue weighted by Gasteiger charge is -2.17. The van der Waals surface area contributed by atoms with Gasteiger partial charge in [-0.3, -0.25) is 4.79 Å². The van der Waals surface area contributed by atoms with Crippen molar-refractivity contribution in [3.63, 3.8) is 0 Å². The zero-order valence-electron chi connectivity index (χ0n) is 11.1. The average Bonchev–Trinajstić information content (AvgIpc) is 3.08. The Morgan fingerprint density at radius 3 is 3.05 bits per heavy atom. The largest absolute Gasteiger partial charge is 0.493 e. The van der Waals surface area contributed by atoms with Crippen LogP contribution in [0.5, 0.6) is 11.5 Å². The van der Waals surface area contributed by atoms with Crippen molar-refractivity contribution in [1.82, 2.24) is 5.32 Å². The SMILES string of the molecule is COc1cc(C2CC(C(=O)O)CN2)c(Br)c2c1OCC2. The Hall–Kier alpha value is -1.27. The Balaban J connectivity index is 1.96. The highest BCUT2D eigenvalue weighted by molar-refractivity contribution is 9.10. The lowest BCUT2D eigenvalue weighted by Crippen LogP contribution is -2.17. The quantitative estimate of drug-likeness (QED) is 0.881. The van der Waals surface area contributed by atoms with Gasteiger partial charge in [-0.1, -0.05) is 15.9 Å². The lowest BCUT2D eigenvalue weighted by molar-refractivity contribution is -0.141. The van der Waals surface area contributed by atoms with Gasteiger partial charge in [-0.15, -0.1) is 0 Å². The molecule has 20 heavy (non-hydrogen) atoms. The number of fused-ring (bicyclic) bond motifs is 1. The molecule has 5 nitrogen and oxygen atoms in total. The number of benzene rings is 1. The van der Waals surface area contributed by atoms with Gasteiger partial charge in [0.1, 0.15) is 0 Å². The fraction of sp³-hybridized carbons (Fsp3) is 0.500. The second-order valence-corrected chi connectivity index (χ2v) is 5.91. The molecule has 2 unspecified atom stereocenters. The monoisotopic (exact) mass is 341 g/mol. The Bertz CT molecular complexity index is 561. The summed E-state index contributed by atoms with van der Waals surface area (Å²) in [6.07, 6.45) is 1.44. The molecule has 3 rings (SSSR count). The van der Waals surface area contributed by atoms with Crippen LogP contribution in [0.15, 0.2) is 10.5 Å². The summed E-state index contributed by atoms with van der Waals surface area (Å²) in [6.45, 7) is 1.16. The molecule has 1 fully saturated rings. The highest BCUT2D eigenvalue weighted by Crippen LogP contribution is 2.45. The highest BCUT2D eigenvalue weighted by atomic mass is 79.9. The number of methoxy groups -OCH3 is 1. The van der Waals surface area contributed by atoms with Gasteiger partial charge < -0.3 is 19.9 Å². The molecule has 2 aliphatic heterocycles. The number of carbonyl (C=O) groups is 1. The summed E-state index contributed by atoms with van der Waals surface area (Å²) < 4.78 is 12.0. The number of hydrogen-bond acceptors (Lipinski definition) is 4. The van der Waals surface area contributed by atoms with E-state index >= 15 is 0 Å². The number of ether oxygens (including phenoxy) is 2. The Morgan fingerprint density at radius 2 is 2.40 bits per heavy atom. The second-order valence-electron chi connectivity index (χ2n) is 5.12. The van der Waals surface area contributed by atoms with Gasteiger partial charge in [-0.05, 0) is 18.1 Å². The van der Waals surface area contributed by atoms with Crippen LogP contribution >= 0.6 is 15.9 Å². The number of carboxylic acids is 1. The van der Waals surface area contributed by atoms with Crippen molar-refractivity contribution in [2.45, 2.75) is 18.9 Å². The van der Waals surface area contributed by atoms with Crippen molar-refractivity contribution >= 4 is 21.9 Å². The molecule has 0 aromatic heterocycles. The number of carboxylic acid groups (broad SMARTS) is 1. The molecule has 0 radical (unpaired) electrons. The third kappa shape index (κ3) is 2.16. The van der Waals surface area contributed by atoms with Crippen molar-refractivity contribution in [2.24, 2.45) is 5.92 Å². The minimum Gasteiger partial charge on any atom is -0.493 e. The van der Waals surface area contributed by atoms with Crippen molar-refractivity contribution in [3.8, 4) is 11.5 Å². The van der Waals surface area contributed by atoms with Crippen molar-refractivity contribution in [2.75, 3.05) is 20.3 Å². The first-order valence-electron chi connectivity index (χ1n) is 6.60. The van der Waals surface area contributed by atoms with Gasteiger partial charge in [0, 0.05) is 29.0 Å². The molecule has 0 aliphatic carbocycles. The van der Waals surface area contributed by atoms with Crippen LogP contribution in [0.3, 0.4) is 0 Å². The fourth-order valence-electron chi connectivity index (χ4n) is 2.90. The summed E-state index contributed by atoms with van der Waals surface area (Å²) in [4.78, 5) is 11.1. The van der Waals surface area contributed by atoms with Gasteiger partial charge in [-0.25, -0.2) is 0 Å². The summed E-state index contributed by atoms with van der Waals surface area (Å²) in [6, 6.07) is 1.97. The fourth-order valence-corrected chi connectivity index (χ4v) is 3.66. The van der Waals surface area contributed by atoms with Crippen LogP contribution in [0.1, 0.15) is 23.6 Å². The van der Waals surface area contributed by atoms with Crippen molar-refractivity contribution in [3.05, 3.63) is 21.7 Å². The van der Waals surface area contributed by atoms with E-state index in [0.717, 1.165) is 33.5 Å². The number of halogens is 1. The maximum atomic E-state index is 11.1. The summed E-state index contributed by atoms with van der Waals surface area (Å²) >= 11 is 3.64. The number of aliphatic carboxylic acids is 1. The van der Waals surface area contributed by atoms with E-state index in [1.165, 1.54) is 0 Å². The van der Waals surface area contributed by atoms with Crippen LogP contribution in [0.2, 0.25) is 0 Å². The minimum absolute atomic E-state index is 0.0327.